The molecule has 0 saturated heterocycles. The Hall–Kier alpha value is -4.65. The van der Waals surface area contributed by atoms with Crippen LogP contribution in [0.3, 0.4) is 0 Å². The third-order valence-electron chi connectivity index (χ3n) is 5.41. The first-order valence-corrected chi connectivity index (χ1v) is 11.5. The number of nitrogens with one attached hydrogen (secondary N) is 2. The van der Waals surface area contributed by atoms with E-state index in [-0.39, 0.29) is 24.7 Å². The summed E-state index contributed by atoms with van der Waals surface area (Å²) in [5, 5.41) is 5.57. The lowest BCUT2D eigenvalue weighted by Crippen LogP contribution is -2.41. The highest BCUT2D eigenvalue weighted by atomic mass is 19.1. The molecule has 4 aromatic carbocycles. The van der Waals surface area contributed by atoms with Crippen molar-refractivity contribution in [2.75, 3.05) is 23.3 Å². The molecule has 0 aromatic heterocycles. The van der Waals surface area contributed by atoms with Gasteiger partial charge in [0.2, 0.25) is 0 Å². The van der Waals surface area contributed by atoms with Crippen molar-refractivity contribution in [2.24, 2.45) is 0 Å². The maximum Gasteiger partial charge on any atom is 0.326 e. The number of urea groups is 1. The Balaban J connectivity index is 1.47. The van der Waals surface area contributed by atoms with Gasteiger partial charge in [0.05, 0.1) is 5.56 Å². The van der Waals surface area contributed by atoms with Crippen molar-refractivity contribution >= 4 is 23.3 Å². The zero-order valence-corrected chi connectivity index (χ0v) is 19.8. The summed E-state index contributed by atoms with van der Waals surface area (Å²) in [4.78, 5) is 27.1. The molecule has 0 bridgehead atoms. The van der Waals surface area contributed by atoms with Crippen LogP contribution in [-0.4, -0.2) is 25.0 Å². The summed E-state index contributed by atoms with van der Waals surface area (Å²) in [6.07, 6.45) is 0. The average molecular weight is 484 g/mol. The molecule has 182 valence electrons. The van der Waals surface area contributed by atoms with Crippen LogP contribution in [-0.2, 0) is 0 Å². The van der Waals surface area contributed by atoms with E-state index in [1.165, 1.54) is 23.1 Å². The molecule has 0 aliphatic rings. The fourth-order valence-corrected chi connectivity index (χ4v) is 3.52. The van der Waals surface area contributed by atoms with Crippen molar-refractivity contribution in [3.63, 3.8) is 0 Å². The third kappa shape index (κ3) is 6.48. The quantitative estimate of drug-likeness (QED) is 0.305. The minimum Gasteiger partial charge on any atom is -0.457 e. The number of para-hydroxylation sites is 1. The Morgan fingerprint density at radius 1 is 0.806 bits per heavy atom. The van der Waals surface area contributed by atoms with E-state index in [1.54, 1.807) is 30.3 Å². The van der Waals surface area contributed by atoms with E-state index in [0.717, 1.165) is 5.56 Å². The summed E-state index contributed by atoms with van der Waals surface area (Å²) in [7, 11) is 0. The molecular formula is C29H26FN3O3. The smallest absolute Gasteiger partial charge is 0.326 e. The summed E-state index contributed by atoms with van der Waals surface area (Å²) in [6.45, 7) is 2.25. The van der Waals surface area contributed by atoms with Gasteiger partial charge in [-0.1, -0.05) is 48.0 Å². The lowest BCUT2D eigenvalue weighted by molar-refractivity contribution is 0.0950. The van der Waals surface area contributed by atoms with E-state index in [1.807, 2.05) is 61.5 Å². The predicted molar refractivity (Wildman–Crippen MR) is 139 cm³/mol. The monoisotopic (exact) mass is 483 g/mol. The fourth-order valence-electron chi connectivity index (χ4n) is 3.52. The van der Waals surface area contributed by atoms with Crippen molar-refractivity contribution in [3.8, 4) is 11.5 Å². The van der Waals surface area contributed by atoms with Gasteiger partial charge in [-0.2, -0.15) is 0 Å². The number of carbonyl (C=O) groups is 2. The summed E-state index contributed by atoms with van der Waals surface area (Å²) < 4.78 is 19.8. The summed E-state index contributed by atoms with van der Waals surface area (Å²) in [5.41, 5.74) is 2.29. The van der Waals surface area contributed by atoms with Gasteiger partial charge in [0.25, 0.3) is 5.91 Å². The van der Waals surface area contributed by atoms with E-state index in [2.05, 4.69) is 10.6 Å². The summed E-state index contributed by atoms with van der Waals surface area (Å²) in [5.74, 6) is 0.184. The molecular weight excluding hydrogens is 457 g/mol. The molecule has 0 spiro atoms. The van der Waals surface area contributed by atoms with E-state index in [9.17, 15) is 14.0 Å². The molecule has 0 aliphatic carbocycles. The Kier molecular flexibility index (Phi) is 7.93. The number of ether oxygens (including phenoxy) is 1. The molecule has 36 heavy (non-hydrogen) atoms. The highest BCUT2D eigenvalue weighted by Crippen LogP contribution is 2.25. The zero-order valence-electron chi connectivity index (χ0n) is 19.8. The van der Waals surface area contributed by atoms with Crippen LogP contribution < -0.4 is 20.3 Å². The van der Waals surface area contributed by atoms with Crippen LogP contribution in [0.25, 0.3) is 0 Å². The first kappa shape index (κ1) is 24.5. The molecule has 0 aliphatic heterocycles. The zero-order chi connectivity index (χ0) is 25.3. The number of amides is 3. The molecule has 0 fully saturated rings. The molecule has 7 heteroatoms. The van der Waals surface area contributed by atoms with E-state index < -0.39 is 11.7 Å². The first-order valence-electron chi connectivity index (χ1n) is 11.5. The molecule has 4 rings (SSSR count). The molecule has 4 aromatic rings. The van der Waals surface area contributed by atoms with Crippen LogP contribution in [0, 0.1) is 12.7 Å². The lowest BCUT2D eigenvalue weighted by atomic mass is 10.2. The minimum atomic E-state index is -0.599. The minimum absolute atomic E-state index is 0.0458. The van der Waals surface area contributed by atoms with Gasteiger partial charge in [0.15, 0.2) is 0 Å². The molecule has 0 atom stereocenters. The third-order valence-corrected chi connectivity index (χ3v) is 5.41. The lowest BCUT2D eigenvalue weighted by Gasteiger charge is -2.24. The number of benzene rings is 4. The number of hydrogen-bond acceptors (Lipinski definition) is 3. The standard InChI is InChI=1S/C29H26FN3O3/c1-21-11-13-22(14-12-21)32-29(35)33(20-19-31-28(34)26-9-5-6-10-27(26)30)23-15-17-25(18-16-23)36-24-7-3-2-4-8-24/h2-18H,19-20H2,1H3,(H,31,34)(H,32,35). The van der Waals surface area contributed by atoms with E-state index >= 15 is 0 Å². The van der Waals surface area contributed by atoms with Crippen molar-refractivity contribution in [2.45, 2.75) is 6.92 Å². The number of rotatable bonds is 8. The Morgan fingerprint density at radius 3 is 2.14 bits per heavy atom. The largest absolute Gasteiger partial charge is 0.457 e. The number of nitrogens with zero attached hydrogens (tertiary/aromatic N) is 1. The highest BCUT2D eigenvalue weighted by molar-refractivity contribution is 6.02. The van der Waals surface area contributed by atoms with Gasteiger partial charge < -0.3 is 15.4 Å². The van der Waals surface area contributed by atoms with Crippen LogP contribution in [0.4, 0.5) is 20.6 Å². The highest BCUT2D eigenvalue weighted by Gasteiger charge is 2.18. The summed E-state index contributed by atoms with van der Waals surface area (Å²) in [6, 6.07) is 29.3. The number of aryl methyl sites for hydroxylation is 1. The van der Waals surface area contributed by atoms with Crippen molar-refractivity contribution in [3.05, 3.63) is 120 Å². The predicted octanol–water partition coefficient (Wildman–Crippen LogP) is 6.39. The second-order valence-electron chi connectivity index (χ2n) is 8.09. The van der Waals surface area contributed by atoms with Crippen LogP contribution in [0.5, 0.6) is 11.5 Å². The maximum atomic E-state index is 13.9. The normalized spacial score (nSPS) is 10.4. The molecule has 0 unspecified atom stereocenters. The Labute approximate surface area is 209 Å². The maximum absolute atomic E-state index is 13.9. The van der Waals surface area contributed by atoms with Gasteiger partial charge in [0, 0.05) is 24.5 Å². The number of anilines is 2. The van der Waals surface area contributed by atoms with E-state index in [4.69, 9.17) is 4.74 Å². The summed E-state index contributed by atoms with van der Waals surface area (Å²) >= 11 is 0. The van der Waals surface area contributed by atoms with Gasteiger partial charge in [0.1, 0.15) is 17.3 Å². The molecule has 3 amide bonds. The van der Waals surface area contributed by atoms with Gasteiger partial charge in [-0.15, -0.1) is 0 Å². The topological polar surface area (TPSA) is 70.7 Å². The Bertz CT molecular complexity index is 1310. The van der Waals surface area contributed by atoms with Crippen molar-refractivity contribution in [1.29, 1.82) is 0 Å². The Morgan fingerprint density at radius 2 is 1.44 bits per heavy atom. The van der Waals surface area contributed by atoms with E-state index in [0.29, 0.717) is 22.9 Å². The number of halogens is 1. The van der Waals surface area contributed by atoms with Gasteiger partial charge >= 0.3 is 6.03 Å². The van der Waals surface area contributed by atoms with Crippen molar-refractivity contribution in [1.82, 2.24) is 5.32 Å². The fraction of sp³-hybridized carbons (Fsp3) is 0.103. The van der Waals surface area contributed by atoms with Crippen molar-refractivity contribution < 1.29 is 18.7 Å². The van der Waals surface area contributed by atoms with Gasteiger partial charge in [-0.25, -0.2) is 9.18 Å². The molecule has 2 N–H and O–H groups in total. The number of carbonyl (C=O) groups excluding carboxylic acids is 2. The second-order valence-corrected chi connectivity index (χ2v) is 8.09. The van der Waals surface area contributed by atoms with Crippen LogP contribution >= 0.6 is 0 Å². The second kappa shape index (κ2) is 11.7. The van der Waals surface area contributed by atoms with Crippen LogP contribution in [0.2, 0.25) is 0 Å². The average Bonchev–Trinajstić information content (AvgIpc) is 2.89. The SMILES string of the molecule is Cc1ccc(NC(=O)N(CCNC(=O)c2ccccc2F)c2ccc(Oc3ccccc3)cc2)cc1. The van der Waals surface area contributed by atoms with Gasteiger partial charge in [-0.05, 0) is 67.6 Å². The molecule has 0 saturated carbocycles. The van der Waals surface area contributed by atoms with Gasteiger partial charge in [-0.3, -0.25) is 9.69 Å². The first-order chi connectivity index (χ1) is 17.5. The van der Waals surface area contributed by atoms with Crippen LogP contribution in [0.15, 0.2) is 103 Å². The van der Waals surface area contributed by atoms with Crippen LogP contribution in [0.1, 0.15) is 15.9 Å². The molecule has 6 nitrogen and oxygen atoms in total. The number of hydrogen-bond donors (Lipinski definition) is 2. The molecule has 0 radical (unpaired) electrons. The molecule has 0 heterocycles.